The molecule has 2 saturated carbocycles. The number of hydrogen-bond donors (Lipinski definition) is 0. The standard InChI is InChI=1S/C18H30O2/c1-6-7-8-16(20-13(2)19)12-15-11-14-9-10-18(15,5)17(14,3)4/h12,14,16H,6-11H2,1-5H3/b15-12+/t14-,16-,18+/m1/s1. The van der Waals surface area contributed by atoms with Crippen LogP contribution in [0.2, 0.25) is 0 Å². The number of rotatable bonds is 5. The van der Waals surface area contributed by atoms with Gasteiger partial charge in [0.15, 0.2) is 0 Å². The van der Waals surface area contributed by atoms with E-state index in [1.807, 2.05) is 0 Å². The smallest absolute Gasteiger partial charge is 0.303 e. The lowest BCUT2D eigenvalue weighted by atomic mass is 9.69. The Kier molecular flexibility index (Phi) is 4.32. The van der Waals surface area contributed by atoms with E-state index >= 15 is 0 Å². The van der Waals surface area contributed by atoms with Crippen molar-refractivity contribution in [2.24, 2.45) is 16.7 Å². The molecule has 2 rings (SSSR count). The lowest BCUT2D eigenvalue weighted by Gasteiger charge is -2.36. The van der Waals surface area contributed by atoms with E-state index in [-0.39, 0.29) is 12.1 Å². The Morgan fingerprint density at radius 2 is 2.15 bits per heavy atom. The highest BCUT2D eigenvalue weighted by Gasteiger charge is 2.58. The largest absolute Gasteiger partial charge is 0.458 e. The minimum Gasteiger partial charge on any atom is -0.458 e. The van der Waals surface area contributed by atoms with Crippen LogP contribution in [0.25, 0.3) is 0 Å². The molecule has 2 bridgehead atoms. The lowest BCUT2D eigenvalue weighted by molar-refractivity contribution is -0.144. The van der Waals surface area contributed by atoms with Gasteiger partial charge in [-0.2, -0.15) is 0 Å². The Morgan fingerprint density at radius 1 is 1.45 bits per heavy atom. The van der Waals surface area contributed by atoms with E-state index < -0.39 is 0 Å². The highest BCUT2D eigenvalue weighted by Crippen LogP contribution is 2.67. The molecule has 2 aliphatic carbocycles. The average Bonchev–Trinajstić information content (AvgIpc) is 2.68. The third-order valence-electron chi connectivity index (χ3n) is 6.16. The van der Waals surface area contributed by atoms with E-state index in [0.717, 1.165) is 25.2 Å². The minimum absolute atomic E-state index is 0.0191. The van der Waals surface area contributed by atoms with Crippen LogP contribution in [-0.4, -0.2) is 12.1 Å². The number of unbranched alkanes of at least 4 members (excludes halogenated alkanes) is 1. The molecule has 2 heteroatoms. The van der Waals surface area contributed by atoms with Crippen molar-refractivity contribution >= 4 is 5.97 Å². The zero-order valence-electron chi connectivity index (χ0n) is 13.8. The zero-order valence-corrected chi connectivity index (χ0v) is 13.8. The average molecular weight is 278 g/mol. The quantitative estimate of drug-likeness (QED) is 0.529. The molecule has 0 radical (unpaired) electrons. The van der Waals surface area contributed by atoms with E-state index in [9.17, 15) is 4.79 Å². The number of esters is 1. The molecule has 0 saturated heterocycles. The van der Waals surface area contributed by atoms with Crippen LogP contribution < -0.4 is 0 Å². The first-order valence-electron chi connectivity index (χ1n) is 8.19. The summed E-state index contributed by atoms with van der Waals surface area (Å²) in [6, 6.07) is 0. The highest BCUT2D eigenvalue weighted by molar-refractivity contribution is 5.66. The van der Waals surface area contributed by atoms with Gasteiger partial charge in [0.05, 0.1) is 0 Å². The molecule has 0 amide bonds. The first-order chi connectivity index (χ1) is 9.31. The van der Waals surface area contributed by atoms with Gasteiger partial charge in [0.2, 0.25) is 0 Å². The summed E-state index contributed by atoms with van der Waals surface area (Å²) in [5.74, 6) is 0.651. The molecule has 0 aromatic heterocycles. The van der Waals surface area contributed by atoms with Crippen molar-refractivity contribution < 1.29 is 9.53 Å². The second-order valence-corrected chi connectivity index (χ2v) is 7.48. The summed E-state index contributed by atoms with van der Waals surface area (Å²) in [7, 11) is 0. The summed E-state index contributed by atoms with van der Waals surface area (Å²) in [5, 5.41) is 0. The zero-order chi connectivity index (χ0) is 15.0. The van der Waals surface area contributed by atoms with Crippen molar-refractivity contribution in [3.63, 3.8) is 0 Å². The molecular weight excluding hydrogens is 248 g/mol. The van der Waals surface area contributed by atoms with Crippen LogP contribution in [0.4, 0.5) is 0 Å². The maximum atomic E-state index is 11.3. The van der Waals surface area contributed by atoms with Gasteiger partial charge in [-0.05, 0) is 54.9 Å². The van der Waals surface area contributed by atoms with Crippen molar-refractivity contribution in [1.29, 1.82) is 0 Å². The fraction of sp³-hybridized carbons (Fsp3) is 0.833. The van der Waals surface area contributed by atoms with E-state index in [1.54, 1.807) is 5.57 Å². The second-order valence-electron chi connectivity index (χ2n) is 7.48. The monoisotopic (exact) mass is 278 g/mol. The first kappa shape index (κ1) is 15.6. The Bertz CT molecular complexity index is 408. The van der Waals surface area contributed by atoms with Crippen LogP contribution in [0.1, 0.15) is 73.1 Å². The van der Waals surface area contributed by atoms with E-state index in [2.05, 4.69) is 33.8 Å². The van der Waals surface area contributed by atoms with Gasteiger partial charge in [0.25, 0.3) is 0 Å². The van der Waals surface area contributed by atoms with Gasteiger partial charge in [-0.25, -0.2) is 0 Å². The predicted octanol–water partition coefficient (Wildman–Crippen LogP) is 4.88. The third-order valence-corrected chi connectivity index (χ3v) is 6.16. The van der Waals surface area contributed by atoms with E-state index in [1.165, 1.54) is 26.2 Å². The van der Waals surface area contributed by atoms with Crippen LogP contribution >= 0.6 is 0 Å². The Balaban J connectivity index is 2.18. The minimum atomic E-state index is -0.157. The van der Waals surface area contributed by atoms with Crippen molar-refractivity contribution in [1.82, 2.24) is 0 Å². The Morgan fingerprint density at radius 3 is 2.60 bits per heavy atom. The molecule has 0 aliphatic heterocycles. The topological polar surface area (TPSA) is 26.3 Å². The molecule has 2 nitrogen and oxygen atoms in total. The summed E-state index contributed by atoms with van der Waals surface area (Å²) < 4.78 is 5.52. The van der Waals surface area contributed by atoms with Crippen LogP contribution in [0.3, 0.4) is 0 Å². The maximum absolute atomic E-state index is 11.3. The molecule has 0 aromatic carbocycles. The maximum Gasteiger partial charge on any atom is 0.303 e. The summed E-state index contributed by atoms with van der Waals surface area (Å²) >= 11 is 0. The number of fused-ring (bicyclic) bond motifs is 2. The van der Waals surface area contributed by atoms with Gasteiger partial charge >= 0.3 is 5.97 Å². The first-order valence-corrected chi connectivity index (χ1v) is 8.19. The van der Waals surface area contributed by atoms with E-state index in [4.69, 9.17) is 4.74 Å². The van der Waals surface area contributed by atoms with Crippen LogP contribution in [0, 0.1) is 16.7 Å². The van der Waals surface area contributed by atoms with Crippen LogP contribution in [0.15, 0.2) is 11.6 Å². The molecule has 0 heterocycles. The van der Waals surface area contributed by atoms with E-state index in [0.29, 0.717) is 10.8 Å². The lowest BCUT2D eigenvalue weighted by Crippen LogP contribution is -2.28. The normalized spacial score (nSPS) is 34.5. The van der Waals surface area contributed by atoms with Gasteiger partial charge in [-0.3, -0.25) is 4.79 Å². The molecule has 0 aromatic rings. The van der Waals surface area contributed by atoms with Crippen molar-refractivity contribution in [2.45, 2.75) is 79.2 Å². The van der Waals surface area contributed by atoms with Gasteiger partial charge in [0.1, 0.15) is 6.10 Å². The van der Waals surface area contributed by atoms with Crippen molar-refractivity contribution in [3.8, 4) is 0 Å². The summed E-state index contributed by atoms with van der Waals surface area (Å²) in [6.45, 7) is 10.9. The SMILES string of the molecule is CCCC[C@H](/C=C1\C[C@H]2CC[C@]1(C)C2(C)C)OC(C)=O. The predicted molar refractivity (Wildman–Crippen MR) is 82.4 cm³/mol. The fourth-order valence-corrected chi connectivity index (χ4v) is 4.29. The molecular formula is C18H30O2. The van der Waals surface area contributed by atoms with Gasteiger partial charge in [-0.15, -0.1) is 0 Å². The number of ether oxygens (including phenoxy) is 1. The summed E-state index contributed by atoms with van der Waals surface area (Å²) in [4.78, 5) is 11.3. The number of carbonyl (C=O) groups excluding carboxylic acids is 1. The molecule has 2 fully saturated rings. The molecule has 0 spiro atoms. The Hall–Kier alpha value is -0.790. The molecule has 114 valence electrons. The molecule has 0 unspecified atom stereocenters. The second kappa shape index (κ2) is 5.54. The molecule has 2 aliphatic rings. The Labute approximate surface area is 124 Å². The van der Waals surface area contributed by atoms with Gasteiger partial charge < -0.3 is 4.74 Å². The fourth-order valence-electron chi connectivity index (χ4n) is 4.29. The highest BCUT2D eigenvalue weighted by atomic mass is 16.5. The number of carbonyl (C=O) groups is 1. The van der Waals surface area contributed by atoms with Gasteiger partial charge in [0, 0.05) is 6.92 Å². The van der Waals surface area contributed by atoms with Crippen LogP contribution in [0.5, 0.6) is 0 Å². The molecule has 0 N–H and O–H groups in total. The molecule has 3 atom stereocenters. The van der Waals surface area contributed by atoms with Crippen molar-refractivity contribution in [3.05, 3.63) is 11.6 Å². The molecule has 20 heavy (non-hydrogen) atoms. The number of hydrogen-bond acceptors (Lipinski definition) is 2. The summed E-state index contributed by atoms with van der Waals surface area (Å²) in [6.07, 6.45) is 9.34. The summed E-state index contributed by atoms with van der Waals surface area (Å²) in [5.41, 5.74) is 2.24. The number of allylic oxidation sites excluding steroid dienone is 1. The van der Waals surface area contributed by atoms with Crippen LogP contribution in [-0.2, 0) is 9.53 Å². The van der Waals surface area contributed by atoms with Crippen molar-refractivity contribution in [2.75, 3.05) is 0 Å². The van der Waals surface area contributed by atoms with Gasteiger partial charge in [-0.1, -0.05) is 39.7 Å². The third kappa shape index (κ3) is 2.54.